The van der Waals surface area contributed by atoms with Crippen molar-refractivity contribution in [3.63, 3.8) is 0 Å². The summed E-state index contributed by atoms with van der Waals surface area (Å²) in [6.07, 6.45) is 2.61. The van der Waals surface area contributed by atoms with E-state index in [1.807, 2.05) is 0 Å². The molecule has 3 N–H and O–H groups in total. The summed E-state index contributed by atoms with van der Waals surface area (Å²) in [6, 6.07) is 7.99. The Morgan fingerprint density at radius 1 is 1.10 bits per heavy atom. The van der Waals surface area contributed by atoms with E-state index in [1.165, 1.54) is 32.4 Å². The van der Waals surface area contributed by atoms with Crippen LogP contribution in [0.5, 0.6) is 11.5 Å². The van der Waals surface area contributed by atoms with Gasteiger partial charge in [-0.3, -0.25) is 4.79 Å². The van der Waals surface area contributed by atoms with Gasteiger partial charge in [0.1, 0.15) is 5.69 Å². The minimum atomic E-state index is -1.19. The van der Waals surface area contributed by atoms with Crippen LogP contribution in [-0.4, -0.2) is 36.2 Å². The predicted molar refractivity (Wildman–Crippen MR) is 112 cm³/mol. The van der Waals surface area contributed by atoms with Crippen LogP contribution in [0.4, 0.5) is 5.69 Å². The number of amides is 1. The molecule has 0 unspecified atom stereocenters. The molecule has 1 heterocycles. The van der Waals surface area contributed by atoms with Crippen molar-refractivity contribution in [1.82, 2.24) is 4.98 Å². The van der Waals surface area contributed by atoms with Crippen LogP contribution in [0.25, 0.3) is 17.0 Å². The van der Waals surface area contributed by atoms with E-state index < -0.39 is 11.9 Å². The van der Waals surface area contributed by atoms with Crippen LogP contribution in [-0.2, 0) is 4.79 Å². The van der Waals surface area contributed by atoms with Crippen molar-refractivity contribution in [3.8, 4) is 11.5 Å². The van der Waals surface area contributed by atoms with Crippen molar-refractivity contribution in [3.05, 3.63) is 57.7 Å². The Bertz CT molecular complexity index is 1140. The monoisotopic (exact) mass is 434 g/mol. The SMILES string of the molecule is COc1ccc(NC(=O)/C=C/c2c(C(=O)O)[nH]c3cc(Cl)cc(Cl)c23)cc1OC. The molecule has 0 atom stereocenters. The Kier molecular flexibility index (Phi) is 6.00. The maximum absolute atomic E-state index is 12.3. The Balaban J connectivity index is 1.91. The van der Waals surface area contributed by atoms with Gasteiger partial charge in [-0.1, -0.05) is 23.2 Å². The average Bonchev–Trinajstić information content (AvgIpc) is 3.05. The molecule has 3 rings (SSSR count). The molecule has 150 valence electrons. The number of hydrogen-bond acceptors (Lipinski definition) is 4. The minimum absolute atomic E-state index is 0.0978. The molecule has 1 aromatic heterocycles. The number of hydrogen-bond donors (Lipinski definition) is 3. The van der Waals surface area contributed by atoms with Gasteiger partial charge in [-0.25, -0.2) is 4.79 Å². The summed E-state index contributed by atoms with van der Waals surface area (Å²) in [5.74, 6) is -0.664. The average molecular weight is 435 g/mol. The second-order valence-electron chi connectivity index (χ2n) is 5.92. The van der Waals surface area contributed by atoms with Gasteiger partial charge in [0.05, 0.1) is 19.2 Å². The number of carboxylic acids is 1. The third kappa shape index (κ3) is 4.31. The summed E-state index contributed by atoms with van der Waals surface area (Å²) in [4.78, 5) is 26.7. The zero-order chi connectivity index (χ0) is 21.1. The smallest absolute Gasteiger partial charge is 0.352 e. The number of ether oxygens (including phenoxy) is 2. The number of carbonyl (C=O) groups excluding carboxylic acids is 1. The number of carboxylic acid groups (broad SMARTS) is 1. The highest BCUT2D eigenvalue weighted by atomic mass is 35.5. The van der Waals surface area contributed by atoms with Gasteiger partial charge in [0.2, 0.25) is 5.91 Å². The normalized spacial score (nSPS) is 11.0. The van der Waals surface area contributed by atoms with E-state index >= 15 is 0 Å². The van der Waals surface area contributed by atoms with Gasteiger partial charge in [0.15, 0.2) is 11.5 Å². The lowest BCUT2D eigenvalue weighted by Gasteiger charge is -2.09. The lowest BCUT2D eigenvalue weighted by Crippen LogP contribution is -2.08. The number of aromatic carboxylic acids is 1. The Labute approximate surface area is 175 Å². The number of methoxy groups -OCH3 is 2. The molecule has 0 saturated carbocycles. The largest absolute Gasteiger partial charge is 0.493 e. The van der Waals surface area contributed by atoms with E-state index in [1.54, 1.807) is 24.3 Å². The van der Waals surface area contributed by atoms with E-state index in [-0.39, 0.29) is 16.3 Å². The lowest BCUT2D eigenvalue weighted by molar-refractivity contribution is -0.111. The lowest BCUT2D eigenvalue weighted by atomic mass is 10.1. The molecule has 7 nitrogen and oxygen atoms in total. The minimum Gasteiger partial charge on any atom is -0.493 e. The van der Waals surface area contributed by atoms with Crippen molar-refractivity contribution in [1.29, 1.82) is 0 Å². The third-order valence-electron chi connectivity index (χ3n) is 4.12. The van der Waals surface area contributed by atoms with Gasteiger partial charge in [-0.05, 0) is 30.3 Å². The number of benzene rings is 2. The highest BCUT2D eigenvalue weighted by Gasteiger charge is 2.18. The van der Waals surface area contributed by atoms with Gasteiger partial charge in [-0.2, -0.15) is 0 Å². The molecule has 0 fully saturated rings. The number of carbonyl (C=O) groups is 2. The summed E-state index contributed by atoms with van der Waals surface area (Å²) in [6.45, 7) is 0. The summed E-state index contributed by atoms with van der Waals surface area (Å²) in [5, 5.41) is 13.2. The molecule has 0 aliphatic rings. The van der Waals surface area contributed by atoms with E-state index in [9.17, 15) is 14.7 Å². The molecule has 3 aromatic rings. The number of nitrogens with one attached hydrogen (secondary N) is 2. The predicted octanol–water partition coefficient (Wildman–Crippen LogP) is 4.84. The number of rotatable bonds is 6. The standard InChI is InChI=1S/C20H16Cl2N2O5/c1-28-15-5-3-11(9-16(15)29-2)23-17(25)6-4-12-18-13(22)7-10(21)8-14(18)24-19(12)20(26)27/h3-9,24H,1-2H3,(H,23,25)(H,26,27)/b6-4+. The first-order valence-corrected chi connectivity index (χ1v) is 9.04. The van der Waals surface area contributed by atoms with E-state index in [2.05, 4.69) is 10.3 Å². The van der Waals surface area contributed by atoms with Crippen LogP contribution >= 0.6 is 23.2 Å². The summed E-state index contributed by atoms with van der Waals surface area (Å²) >= 11 is 12.2. The van der Waals surface area contributed by atoms with E-state index in [0.29, 0.717) is 33.1 Å². The van der Waals surface area contributed by atoms with Crippen molar-refractivity contribution < 1.29 is 24.2 Å². The van der Waals surface area contributed by atoms with Crippen LogP contribution in [0.2, 0.25) is 10.0 Å². The number of anilines is 1. The molecule has 0 spiro atoms. The van der Waals surface area contributed by atoms with E-state index in [4.69, 9.17) is 32.7 Å². The molecular weight excluding hydrogens is 419 g/mol. The molecule has 0 saturated heterocycles. The first kappa shape index (κ1) is 20.6. The van der Waals surface area contributed by atoms with Crippen molar-refractivity contribution in [2.45, 2.75) is 0 Å². The highest BCUT2D eigenvalue weighted by molar-refractivity contribution is 6.39. The summed E-state index contributed by atoms with van der Waals surface area (Å²) in [7, 11) is 3.00. The molecule has 0 bridgehead atoms. The molecule has 0 aliphatic carbocycles. The number of aromatic amines is 1. The Morgan fingerprint density at radius 2 is 1.83 bits per heavy atom. The molecule has 9 heteroatoms. The van der Waals surface area contributed by atoms with E-state index in [0.717, 1.165) is 0 Å². The van der Waals surface area contributed by atoms with Crippen molar-refractivity contribution in [2.75, 3.05) is 19.5 Å². The summed E-state index contributed by atoms with van der Waals surface area (Å²) in [5.41, 5.74) is 1.12. The van der Waals surface area contributed by atoms with Gasteiger partial charge in [-0.15, -0.1) is 0 Å². The second kappa shape index (κ2) is 8.46. The van der Waals surface area contributed by atoms with Crippen LogP contribution in [0.3, 0.4) is 0 Å². The van der Waals surface area contributed by atoms with Gasteiger partial charge >= 0.3 is 5.97 Å². The van der Waals surface area contributed by atoms with Gasteiger partial charge in [0.25, 0.3) is 0 Å². The number of fused-ring (bicyclic) bond motifs is 1. The van der Waals surface area contributed by atoms with Crippen LogP contribution in [0.1, 0.15) is 16.1 Å². The van der Waals surface area contributed by atoms with Gasteiger partial charge in [0, 0.05) is 39.3 Å². The third-order valence-corrected chi connectivity index (χ3v) is 4.64. The molecule has 29 heavy (non-hydrogen) atoms. The second-order valence-corrected chi connectivity index (χ2v) is 6.76. The molecule has 2 aromatic carbocycles. The first-order chi connectivity index (χ1) is 13.8. The molecule has 0 aliphatic heterocycles. The quantitative estimate of drug-likeness (QED) is 0.481. The Morgan fingerprint density at radius 3 is 2.48 bits per heavy atom. The number of H-pyrrole nitrogens is 1. The molecule has 1 amide bonds. The fourth-order valence-electron chi connectivity index (χ4n) is 2.87. The van der Waals surface area contributed by atoms with Gasteiger partial charge < -0.3 is 24.9 Å². The van der Waals surface area contributed by atoms with Crippen LogP contribution in [0.15, 0.2) is 36.4 Å². The maximum Gasteiger partial charge on any atom is 0.352 e. The van der Waals surface area contributed by atoms with Crippen molar-refractivity contribution >= 4 is 57.7 Å². The topological polar surface area (TPSA) is 101 Å². The molecule has 0 radical (unpaired) electrons. The molecular formula is C20H16Cl2N2O5. The highest BCUT2D eigenvalue weighted by Crippen LogP contribution is 2.33. The fraction of sp³-hybridized carbons (Fsp3) is 0.100. The fourth-order valence-corrected chi connectivity index (χ4v) is 3.46. The van der Waals surface area contributed by atoms with Crippen LogP contribution < -0.4 is 14.8 Å². The number of aromatic nitrogens is 1. The first-order valence-electron chi connectivity index (χ1n) is 8.29. The number of halogens is 2. The van der Waals surface area contributed by atoms with Crippen LogP contribution in [0, 0.1) is 0 Å². The summed E-state index contributed by atoms with van der Waals surface area (Å²) < 4.78 is 10.4. The van der Waals surface area contributed by atoms with Crippen molar-refractivity contribution in [2.24, 2.45) is 0 Å². The zero-order valence-electron chi connectivity index (χ0n) is 15.4. The Hall–Kier alpha value is -3.16. The zero-order valence-corrected chi connectivity index (χ0v) is 16.9. The maximum atomic E-state index is 12.3.